The molecule has 1 atom stereocenters. The normalized spacial score (nSPS) is 15.8. The average molecular weight is 459 g/mol. The molecule has 2 rings (SSSR count). The van der Waals surface area contributed by atoms with Crippen molar-refractivity contribution in [1.29, 1.82) is 0 Å². The number of nitrogens with one attached hydrogen (secondary N) is 1. The maximum absolute atomic E-state index is 12.1. The lowest BCUT2D eigenvalue weighted by Crippen LogP contribution is -2.53. The number of piperazine rings is 1. The predicted molar refractivity (Wildman–Crippen MR) is 131 cm³/mol. The van der Waals surface area contributed by atoms with Gasteiger partial charge in [-0.15, -0.1) is 0 Å². The van der Waals surface area contributed by atoms with Crippen molar-refractivity contribution in [2.24, 2.45) is 4.99 Å². The molecule has 0 spiro atoms. The standard InChI is InChI=1S/C14H22N4O3.C11H16O/c1-4-5-12(15-3)17-8-9-18(11(2)10-17)14(20)7-6-13(19)16-21;1-3-5-10-6-8-11(9-7-10)12-4-2/h4-5,11,21H,1,3,6-10H2,2H3,(H,16,19);6-9H,3-5H2,1-2H3/b12-5+;/t11-;/m1./s1. The number of hydrogen-bond donors (Lipinski definition) is 2. The predicted octanol–water partition coefficient (Wildman–Crippen LogP) is 3.57. The van der Waals surface area contributed by atoms with Gasteiger partial charge in [-0.3, -0.25) is 14.8 Å². The van der Waals surface area contributed by atoms with E-state index in [4.69, 9.17) is 9.94 Å². The Balaban J connectivity index is 0.000000383. The van der Waals surface area contributed by atoms with Crippen LogP contribution in [0.1, 0.15) is 45.6 Å². The van der Waals surface area contributed by atoms with Crippen LogP contribution >= 0.6 is 0 Å². The van der Waals surface area contributed by atoms with Gasteiger partial charge >= 0.3 is 0 Å². The Morgan fingerprint density at radius 3 is 2.45 bits per heavy atom. The van der Waals surface area contributed by atoms with E-state index in [0.29, 0.717) is 19.6 Å². The van der Waals surface area contributed by atoms with Crippen LogP contribution in [-0.4, -0.2) is 65.8 Å². The van der Waals surface area contributed by atoms with Gasteiger partial charge < -0.3 is 14.5 Å². The van der Waals surface area contributed by atoms with E-state index in [1.807, 2.05) is 30.9 Å². The number of carbonyl (C=O) groups excluding carboxylic acids is 2. The summed E-state index contributed by atoms with van der Waals surface area (Å²) in [6, 6.07) is 8.35. The minimum Gasteiger partial charge on any atom is -0.494 e. The van der Waals surface area contributed by atoms with Crippen LogP contribution in [0.5, 0.6) is 5.75 Å². The number of nitrogens with zero attached hydrogens (tertiary/aromatic N) is 3. The Morgan fingerprint density at radius 2 is 1.94 bits per heavy atom. The summed E-state index contributed by atoms with van der Waals surface area (Å²) >= 11 is 0. The zero-order valence-corrected chi connectivity index (χ0v) is 20.1. The van der Waals surface area contributed by atoms with E-state index in [1.54, 1.807) is 17.1 Å². The van der Waals surface area contributed by atoms with Crippen LogP contribution < -0.4 is 10.2 Å². The molecule has 1 saturated heterocycles. The molecule has 1 aliphatic rings. The third-order valence-corrected chi connectivity index (χ3v) is 5.16. The smallest absolute Gasteiger partial charge is 0.243 e. The molecule has 1 aromatic carbocycles. The molecule has 1 aromatic rings. The van der Waals surface area contributed by atoms with E-state index in [-0.39, 0.29) is 24.8 Å². The molecule has 33 heavy (non-hydrogen) atoms. The van der Waals surface area contributed by atoms with Gasteiger partial charge in [0.1, 0.15) is 11.6 Å². The summed E-state index contributed by atoms with van der Waals surface area (Å²) in [5, 5.41) is 8.42. The highest BCUT2D eigenvalue weighted by Crippen LogP contribution is 2.17. The fourth-order valence-corrected chi connectivity index (χ4v) is 3.53. The first-order valence-corrected chi connectivity index (χ1v) is 11.4. The fraction of sp³-hybridized carbons (Fsp3) is 0.480. The molecule has 2 N–H and O–H groups in total. The minimum atomic E-state index is -0.554. The maximum atomic E-state index is 12.1. The van der Waals surface area contributed by atoms with E-state index >= 15 is 0 Å². The number of aryl methyl sites for hydroxylation is 1. The second-order valence-electron chi connectivity index (χ2n) is 7.66. The quantitative estimate of drug-likeness (QED) is 0.242. The zero-order valence-electron chi connectivity index (χ0n) is 20.1. The summed E-state index contributed by atoms with van der Waals surface area (Å²) in [4.78, 5) is 30.8. The van der Waals surface area contributed by atoms with Crippen LogP contribution in [0.3, 0.4) is 0 Å². The highest BCUT2D eigenvalue weighted by atomic mass is 16.5. The first-order chi connectivity index (χ1) is 15.9. The lowest BCUT2D eigenvalue weighted by Gasteiger charge is -2.40. The van der Waals surface area contributed by atoms with E-state index < -0.39 is 5.91 Å². The largest absolute Gasteiger partial charge is 0.494 e. The molecule has 0 aromatic heterocycles. The molecule has 1 aliphatic heterocycles. The molecular formula is C25H38N4O4. The SMILES string of the molecule is C=C/C=C(\N=C)N1CCN(C(=O)CCC(=O)NO)[C@H](C)C1.CCCc1ccc(OCC)cc1. The maximum Gasteiger partial charge on any atom is 0.243 e. The van der Waals surface area contributed by atoms with Gasteiger partial charge in [0.2, 0.25) is 11.8 Å². The first kappa shape index (κ1) is 27.9. The monoisotopic (exact) mass is 458 g/mol. The molecule has 0 bridgehead atoms. The summed E-state index contributed by atoms with van der Waals surface area (Å²) < 4.78 is 5.34. The first-order valence-electron chi connectivity index (χ1n) is 11.4. The van der Waals surface area contributed by atoms with E-state index in [1.165, 1.54) is 17.5 Å². The summed E-state index contributed by atoms with van der Waals surface area (Å²) in [7, 11) is 0. The van der Waals surface area contributed by atoms with Crippen molar-refractivity contribution in [1.82, 2.24) is 15.3 Å². The number of hydrogen-bond acceptors (Lipinski definition) is 6. The fourth-order valence-electron chi connectivity index (χ4n) is 3.53. The number of aliphatic imine (C=N–C) groups is 1. The van der Waals surface area contributed by atoms with Crippen LogP contribution in [0.4, 0.5) is 0 Å². The van der Waals surface area contributed by atoms with Crippen LogP contribution in [0.25, 0.3) is 0 Å². The van der Waals surface area contributed by atoms with Crippen LogP contribution in [0.15, 0.2) is 53.8 Å². The van der Waals surface area contributed by atoms with Crippen molar-refractivity contribution in [3.63, 3.8) is 0 Å². The van der Waals surface area contributed by atoms with Crippen molar-refractivity contribution in [3.05, 3.63) is 54.4 Å². The Labute approximate surface area is 197 Å². The topological polar surface area (TPSA) is 94.5 Å². The second-order valence-corrected chi connectivity index (χ2v) is 7.66. The number of hydroxylamine groups is 1. The van der Waals surface area contributed by atoms with E-state index in [2.05, 4.69) is 37.3 Å². The van der Waals surface area contributed by atoms with Gasteiger partial charge in [-0.2, -0.15) is 0 Å². The zero-order chi connectivity index (χ0) is 24.6. The van der Waals surface area contributed by atoms with E-state index in [9.17, 15) is 9.59 Å². The van der Waals surface area contributed by atoms with Crippen molar-refractivity contribution in [3.8, 4) is 5.75 Å². The van der Waals surface area contributed by atoms with Gasteiger partial charge in [0, 0.05) is 38.5 Å². The Kier molecular flexibility index (Phi) is 13.2. The lowest BCUT2D eigenvalue weighted by molar-refractivity contribution is -0.138. The summed E-state index contributed by atoms with van der Waals surface area (Å²) in [6.07, 6.45) is 5.87. The molecule has 0 radical (unpaired) electrons. The number of rotatable bonds is 10. The Bertz CT molecular complexity index is 767. The number of allylic oxidation sites excluding steroid dienone is 2. The van der Waals surface area contributed by atoms with Crippen molar-refractivity contribution in [2.75, 3.05) is 26.2 Å². The molecule has 8 nitrogen and oxygen atoms in total. The average Bonchev–Trinajstić information content (AvgIpc) is 2.82. The number of amides is 2. The van der Waals surface area contributed by atoms with Gasteiger partial charge in [0.05, 0.1) is 6.61 Å². The molecule has 8 heteroatoms. The van der Waals surface area contributed by atoms with Crippen LogP contribution in [-0.2, 0) is 16.0 Å². The van der Waals surface area contributed by atoms with Gasteiger partial charge in [-0.1, -0.05) is 38.1 Å². The minimum absolute atomic E-state index is 0.0124. The summed E-state index contributed by atoms with van der Waals surface area (Å²) in [6.45, 7) is 15.9. The molecule has 2 amide bonds. The third kappa shape index (κ3) is 9.91. The van der Waals surface area contributed by atoms with Gasteiger partial charge in [0.15, 0.2) is 0 Å². The molecule has 1 heterocycles. The summed E-state index contributed by atoms with van der Waals surface area (Å²) in [5.41, 5.74) is 2.91. The van der Waals surface area contributed by atoms with Crippen LogP contribution in [0.2, 0.25) is 0 Å². The molecular weight excluding hydrogens is 420 g/mol. The summed E-state index contributed by atoms with van der Waals surface area (Å²) in [5.74, 6) is 1.06. The van der Waals surface area contributed by atoms with Gasteiger partial charge in [0.25, 0.3) is 0 Å². The van der Waals surface area contributed by atoms with Crippen molar-refractivity contribution in [2.45, 2.75) is 52.5 Å². The Morgan fingerprint density at radius 1 is 1.24 bits per heavy atom. The van der Waals surface area contributed by atoms with E-state index in [0.717, 1.165) is 24.6 Å². The third-order valence-electron chi connectivity index (χ3n) is 5.16. The van der Waals surface area contributed by atoms with Crippen LogP contribution in [0, 0.1) is 0 Å². The lowest BCUT2D eigenvalue weighted by atomic mass is 10.1. The second kappa shape index (κ2) is 15.6. The molecule has 0 unspecified atom stereocenters. The number of benzene rings is 1. The molecule has 182 valence electrons. The van der Waals surface area contributed by atoms with Crippen molar-refractivity contribution >= 4 is 18.5 Å². The highest BCUT2D eigenvalue weighted by Gasteiger charge is 2.28. The molecule has 0 aliphatic carbocycles. The van der Waals surface area contributed by atoms with Crippen molar-refractivity contribution < 1.29 is 19.5 Å². The Hall–Kier alpha value is -3.13. The molecule has 1 fully saturated rings. The highest BCUT2D eigenvalue weighted by molar-refractivity contribution is 5.83. The molecule has 0 saturated carbocycles. The number of ether oxygens (including phenoxy) is 1. The number of carbonyl (C=O) groups is 2. The van der Waals surface area contributed by atoms with Gasteiger partial charge in [-0.05, 0) is 50.8 Å². The van der Waals surface area contributed by atoms with Gasteiger partial charge in [-0.25, -0.2) is 10.5 Å².